The fourth-order valence-corrected chi connectivity index (χ4v) is 1.23. The van der Waals surface area contributed by atoms with Crippen LogP contribution in [0.2, 0.25) is 5.15 Å². The number of nitrogens with zero attached hydrogens (tertiary/aromatic N) is 2. The van der Waals surface area contributed by atoms with Crippen molar-refractivity contribution < 1.29 is 18.6 Å². The highest BCUT2D eigenvalue weighted by atomic mass is 35.5. The average molecular weight is 268 g/mol. The number of halogens is 3. The van der Waals surface area contributed by atoms with Crippen LogP contribution in [-0.2, 0) is 11.3 Å². The van der Waals surface area contributed by atoms with Gasteiger partial charge in [-0.25, -0.2) is 18.7 Å². The highest BCUT2D eigenvalue weighted by Gasteiger charge is 2.27. The summed E-state index contributed by atoms with van der Waals surface area (Å²) in [4.78, 5) is 7.75. The van der Waals surface area contributed by atoms with Crippen LogP contribution < -0.4 is 5.32 Å². The summed E-state index contributed by atoms with van der Waals surface area (Å²) in [5.74, 6) is -2.77. The van der Waals surface area contributed by atoms with Crippen LogP contribution in [0.4, 0.5) is 14.6 Å². The molecule has 0 aliphatic carbocycles. The minimum Gasteiger partial charge on any atom is -0.390 e. The van der Waals surface area contributed by atoms with Gasteiger partial charge in [0, 0.05) is 13.2 Å². The van der Waals surface area contributed by atoms with Gasteiger partial charge in [-0.15, -0.1) is 0 Å². The second kappa shape index (κ2) is 6.04. The van der Waals surface area contributed by atoms with Gasteiger partial charge >= 0.3 is 0 Å². The molecule has 5 nitrogen and oxygen atoms in total. The molecule has 0 amide bonds. The maximum atomic E-state index is 12.8. The normalized spacial score (nSPS) is 11.6. The Balaban J connectivity index is 2.70. The Morgan fingerprint density at radius 1 is 1.53 bits per heavy atom. The molecule has 0 unspecified atom stereocenters. The zero-order chi connectivity index (χ0) is 12.9. The minimum atomic E-state index is -3.21. The van der Waals surface area contributed by atoms with Gasteiger partial charge in [-0.3, -0.25) is 0 Å². The summed E-state index contributed by atoms with van der Waals surface area (Å²) in [6.07, 6.45) is 0. The number of alkyl halides is 2. The third-order valence-electron chi connectivity index (χ3n) is 1.77. The quantitative estimate of drug-likeness (QED) is 0.761. The molecular formula is C9H12ClF2N3O2. The summed E-state index contributed by atoms with van der Waals surface area (Å²) in [6, 6.07) is 1.31. The highest BCUT2D eigenvalue weighted by Crippen LogP contribution is 2.16. The van der Waals surface area contributed by atoms with E-state index in [1.165, 1.54) is 13.2 Å². The summed E-state index contributed by atoms with van der Waals surface area (Å²) >= 11 is 5.69. The third-order valence-corrected chi connectivity index (χ3v) is 1.97. The van der Waals surface area contributed by atoms with E-state index < -0.39 is 19.1 Å². The largest absolute Gasteiger partial charge is 0.390 e. The molecule has 17 heavy (non-hydrogen) atoms. The lowest BCUT2D eigenvalue weighted by molar-refractivity contribution is -0.0373. The van der Waals surface area contributed by atoms with Crippen LogP contribution in [0.15, 0.2) is 6.07 Å². The van der Waals surface area contributed by atoms with Crippen LogP contribution in [0.3, 0.4) is 0 Å². The van der Waals surface area contributed by atoms with Gasteiger partial charge in [0.1, 0.15) is 24.2 Å². The smallest absolute Gasteiger partial charge is 0.287 e. The molecule has 0 bridgehead atoms. The molecule has 0 atom stereocenters. The van der Waals surface area contributed by atoms with Gasteiger partial charge in [-0.2, -0.15) is 0 Å². The predicted molar refractivity (Wildman–Crippen MR) is 58.3 cm³/mol. The number of ether oxygens (including phenoxy) is 1. The molecule has 0 saturated heterocycles. The maximum Gasteiger partial charge on any atom is 0.287 e. The molecular weight excluding hydrogens is 256 g/mol. The van der Waals surface area contributed by atoms with Crippen LogP contribution in [0, 0.1) is 0 Å². The molecule has 0 spiro atoms. The molecule has 1 heterocycles. The van der Waals surface area contributed by atoms with Crippen LogP contribution >= 0.6 is 11.6 Å². The van der Waals surface area contributed by atoms with Crippen molar-refractivity contribution in [2.24, 2.45) is 0 Å². The van der Waals surface area contributed by atoms with Gasteiger partial charge in [0.25, 0.3) is 5.92 Å². The number of hydrogen-bond acceptors (Lipinski definition) is 5. The average Bonchev–Trinajstić information content (AvgIpc) is 2.26. The van der Waals surface area contributed by atoms with E-state index in [2.05, 4.69) is 15.3 Å². The van der Waals surface area contributed by atoms with Gasteiger partial charge in [0.2, 0.25) is 0 Å². The molecule has 8 heteroatoms. The second-order valence-corrected chi connectivity index (χ2v) is 3.68. The Labute approximate surface area is 102 Å². The summed E-state index contributed by atoms with van der Waals surface area (Å²) in [5.41, 5.74) is 0. The van der Waals surface area contributed by atoms with Gasteiger partial charge < -0.3 is 15.2 Å². The van der Waals surface area contributed by atoms with E-state index in [0.29, 0.717) is 0 Å². The Morgan fingerprint density at radius 2 is 2.24 bits per heavy atom. The van der Waals surface area contributed by atoms with E-state index in [0.717, 1.165) is 0 Å². The Kier molecular flexibility index (Phi) is 4.98. The highest BCUT2D eigenvalue weighted by molar-refractivity contribution is 6.29. The van der Waals surface area contributed by atoms with Gasteiger partial charge in [0.05, 0.1) is 6.54 Å². The number of methoxy groups -OCH3 is 1. The predicted octanol–water partition coefficient (Wildman–Crippen LogP) is 1.32. The number of rotatable bonds is 6. The van der Waals surface area contributed by atoms with Gasteiger partial charge in [0.15, 0.2) is 5.82 Å². The maximum absolute atomic E-state index is 12.8. The van der Waals surface area contributed by atoms with Crippen LogP contribution in [0.25, 0.3) is 0 Å². The van der Waals surface area contributed by atoms with Gasteiger partial charge in [-0.1, -0.05) is 11.6 Å². The van der Waals surface area contributed by atoms with Crippen molar-refractivity contribution >= 4 is 17.4 Å². The lowest BCUT2D eigenvalue weighted by atomic mass is 10.3. The number of hydrogen-bond donors (Lipinski definition) is 2. The van der Waals surface area contributed by atoms with Crippen molar-refractivity contribution in [2.45, 2.75) is 12.5 Å². The SMILES string of the molecule is COCc1nc(Cl)cc(NCC(F)(F)CO)n1. The molecule has 0 aliphatic rings. The van der Waals surface area contributed by atoms with Crippen LogP contribution in [-0.4, -0.2) is 41.3 Å². The Morgan fingerprint density at radius 3 is 2.82 bits per heavy atom. The summed E-state index contributed by atoms with van der Waals surface area (Å²) in [6.45, 7) is -1.83. The molecule has 1 rings (SSSR count). The second-order valence-electron chi connectivity index (χ2n) is 3.29. The first-order valence-corrected chi connectivity index (χ1v) is 5.09. The van der Waals surface area contributed by atoms with E-state index in [9.17, 15) is 8.78 Å². The minimum absolute atomic E-state index is 0.127. The Hall–Kier alpha value is -1.05. The van der Waals surface area contributed by atoms with E-state index >= 15 is 0 Å². The van der Waals surface area contributed by atoms with Crippen LogP contribution in [0.1, 0.15) is 5.82 Å². The zero-order valence-electron chi connectivity index (χ0n) is 9.08. The lowest BCUT2D eigenvalue weighted by Gasteiger charge is -2.14. The van der Waals surface area contributed by atoms with Crippen molar-refractivity contribution in [3.05, 3.63) is 17.0 Å². The van der Waals surface area contributed by atoms with Crippen molar-refractivity contribution in [3.8, 4) is 0 Å². The topological polar surface area (TPSA) is 67.3 Å². The number of aromatic nitrogens is 2. The summed E-state index contributed by atoms with van der Waals surface area (Å²) in [5, 5.41) is 10.9. The van der Waals surface area contributed by atoms with Crippen molar-refractivity contribution in [2.75, 3.05) is 25.6 Å². The lowest BCUT2D eigenvalue weighted by Crippen LogP contribution is -2.31. The fraction of sp³-hybridized carbons (Fsp3) is 0.556. The monoisotopic (exact) mass is 267 g/mol. The zero-order valence-corrected chi connectivity index (χ0v) is 9.84. The number of aliphatic hydroxyl groups is 1. The standard InChI is InChI=1S/C9H12ClF2N3O2/c1-17-3-8-14-6(10)2-7(15-8)13-4-9(11,12)5-16/h2,16H,3-5H2,1H3,(H,13,14,15). The number of aliphatic hydroxyl groups excluding tert-OH is 1. The number of anilines is 1. The summed E-state index contributed by atoms with van der Waals surface area (Å²) in [7, 11) is 1.46. The molecule has 0 aliphatic heterocycles. The van der Waals surface area contributed by atoms with Gasteiger partial charge in [-0.05, 0) is 0 Å². The first-order valence-electron chi connectivity index (χ1n) is 4.72. The molecule has 1 aromatic heterocycles. The fourth-order valence-electron chi connectivity index (χ4n) is 1.02. The molecule has 0 radical (unpaired) electrons. The van der Waals surface area contributed by atoms with E-state index in [4.69, 9.17) is 21.4 Å². The van der Waals surface area contributed by atoms with Crippen LogP contribution in [0.5, 0.6) is 0 Å². The van der Waals surface area contributed by atoms with E-state index in [-0.39, 0.29) is 23.4 Å². The molecule has 0 aromatic carbocycles. The third kappa shape index (κ3) is 4.76. The number of nitrogens with one attached hydrogen (secondary N) is 1. The van der Waals surface area contributed by atoms with E-state index in [1.807, 2.05) is 0 Å². The van der Waals surface area contributed by atoms with Crippen molar-refractivity contribution in [1.82, 2.24) is 9.97 Å². The summed E-state index contributed by atoms with van der Waals surface area (Å²) < 4.78 is 30.4. The molecule has 0 saturated carbocycles. The molecule has 96 valence electrons. The van der Waals surface area contributed by atoms with Crippen molar-refractivity contribution in [1.29, 1.82) is 0 Å². The molecule has 1 aromatic rings. The van der Waals surface area contributed by atoms with E-state index in [1.54, 1.807) is 0 Å². The first kappa shape index (κ1) is 14.0. The molecule has 2 N–H and O–H groups in total. The first-order chi connectivity index (χ1) is 7.96. The molecule has 0 fully saturated rings. The Bertz CT molecular complexity index is 379. The van der Waals surface area contributed by atoms with Crippen molar-refractivity contribution in [3.63, 3.8) is 0 Å².